The summed E-state index contributed by atoms with van der Waals surface area (Å²) < 4.78 is 26.4. The first-order valence-corrected chi connectivity index (χ1v) is 8.89. The van der Waals surface area contributed by atoms with Crippen molar-refractivity contribution >= 4 is 38.3 Å². The number of sulfonamides is 1. The Labute approximate surface area is 140 Å². The van der Waals surface area contributed by atoms with E-state index in [9.17, 15) is 8.42 Å². The van der Waals surface area contributed by atoms with Crippen molar-refractivity contribution in [3.05, 3.63) is 76.2 Å². The zero-order chi connectivity index (χ0) is 16.0. The highest BCUT2D eigenvalue weighted by molar-refractivity contribution is 7.95. The summed E-state index contributed by atoms with van der Waals surface area (Å²) in [6, 6.07) is 18.3. The molecule has 2 aromatic rings. The molecular weight excluding hydrogens is 341 g/mol. The van der Waals surface area contributed by atoms with Crippen LogP contribution in [0.15, 0.2) is 65.0 Å². The zero-order valence-electron chi connectivity index (χ0n) is 11.7. The van der Waals surface area contributed by atoms with E-state index in [1.165, 1.54) is 0 Å². The van der Waals surface area contributed by atoms with Crippen molar-refractivity contribution in [1.29, 1.82) is 0 Å². The van der Waals surface area contributed by atoms with Gasteiger partial charge in [0.2, 0.25) is 0 Å². The number of nitrogens with one attached hydrogen (secondary N) is 1. The molecule has 0 saturated carbocycles. The van der Waals surface area contributed by atoms with Gasteiger partial charge in [-0.05, 0) is 17.5 Å². The third-order valence-electron chi connectivity index (χ3n) is 2.98. The van der Waals surface area contributed by atoms with E-state index in [0.29, 0.717) is 12.0 Å². The molecule has 0 heterocycles. The smallest absolute Gasteiger partial charge is 0.210 e. The van der Waals surface area contributed by atoms with Crippen LogP contribution >= 0.6 is 23.2 Å². The first-order chi connectivity index (χ1) is 10.5. The molecule has 2 rings (SSSR count). The number of benzene rings is 2. The molecule has 0 fully saturated rings. The van der Waals surface area contributed by atoms with Gasteiger partial charge in [-0.25, -0.2) is 13.1 Å². The Morgan fingerprint density at radius 1 is 0.909 bits per heavy atom. The SMILES string of the molecule is O=S(=O)(NCCc1ccccc1)/C(Cl)=C(\Cl)c1ccccc1. The second kappa shape index (κ2) is 7.79. The molecular formula is C16H15Cl2NO2S. The molecule has 0 aliphatic heterocycles. The fraction of sp³-hybridized carbons (Fsp3) is 0.125. The van der Waals surface area contributed by atoms with Crippen molar-refractivity contribution < 1.29 is 8.42 Å². The molecule has 0 amide bonds. The summed E-state index contributed by atoms with van der Waals surface area (Å²) in [7, 11) is -3.81. The minimum Gasteiger partial charge on any atom is -0.210 e. The molecule has 0 saturated heterocycles. The predicted octanol–water partition coefficient (Wildman–Crippen LogP) is 3.95. The quantitative estimate of drug-likeness (QED) is 0.852. The zero-order valence-corrected chi connectivity index (χ0v) is 14.0. The average molecular weight is 356 g/mol. The van der Waals surface area contributed by atoms with E-state index in [0.717, 1.165) is 5.56 Å². The molecule has 0 atom stereocenters. The summed E-state index contributed by atoms with van der Waals surface area (Å²) in [6.07, 6.45) is 0.577. The summed E-state index contributed by atoms with van der Waals surface area (Å²) in [6.45, 7) is 0.252. The molecule has 1 N–H and O–H groups in total. The molecule has 0 aliphatic rings. The Hall–Kier alpha value is -1.33. The van der Waals surface area contributed by atoms with Gasteiger partial charge in [0.25, 0.3) is 10.0 Å². The van der Waals surface area contributed by atoms with Crippen LogP contribution in [0.2, 0.25) is 0 Å². The van der Waals surface area contributed by atoms with Crippen LogP contribution in [0.1, 0.15) is 11.1 Å². The monoisotopic (exact) mass is 355 g/mol. The van der Waals surface area contributed by atoms with Crippen LogP contribution in [-0.2, 0) is 16.4 Å². The molecule has 0 unspecified atom stereocenters. The first-order valence-electron chi connectivity index (χ1n) is 6.65. The van der Waals surface area contributed by atoms with Gasteiger partial charge in [-0.3, -0.25) is 0 Å². The van der Waals surface area contributed by atoms with Crippen LogP contribution in [0, 0.1) is 0 Å². The molecule has 0 spiro atoms. The summed E-state index contributed by atoms with van der Waals surface area (Å²) in [5, 5.41) is 0.00878. The highest BCUT2D eigenvalue weighted by Gasteiger charge is 2.19. The lowest BCUT2D eigenvalue weighted by molar-refractivity contribution is 0.590. The Kier molecular flexibility index (Phi) is 6.03. The van der Waals surface area contributed by atoms with E-state index >= 15 is 0 Å². The van der Waals surface area contributed by atoms with Gasteiger partial charge < -0.3 is 0 Å². The van der Waals surface area contributed by atoms with E-state index in [1.807, 2.05) is 36.4 Å². The van der Waals surface area contributed by atoms with Crippen molar-refractivity contribution in [2.24, 2.45) is 0 Å². The fourth-order valence-electron chi connectivity index (χ4n) is 1.85. The number of hydrogen-bond donors (Lipinski definition) is 1. The molecule has 3 nitrogen and oxygen atoms in total. The maximum Gasteiger partial charge on any atom is 0.252 e. The lowest BCUT2D eigenvalue weighted by atomic mass is 10.2. The number of hydrogen-bond acceptors (Lipinski definition) is 2. The van der Waals surface area contributed by atoms with Crippen LogP contribution < -0.4 is 4.72 Å². The van der Waals surface area contributed by atoms with Crippen molar-refractivity contribution in [3.63, 3.8) is 0 Å². The summed E-state index contributed by atoms with van der Waals surface area (Å²) in [5.41, 5.74) is 1.60. The normalized spacial score (nSPS) is 12.8. The van der Waals surface area contributed by atoms with Gasteiger partial charge in [0.15, 0.2) is 4.36 Å². The Bertz CT molecular complexity index is 744. The minimum atomic E-state index is -3.81. The summed E-state index contributed by atoms with van der Waals surface area (Å²) in [4.78, 5) is 0. The number of rotatable bonds is 6. The van der Waals surface area contributed by atoms with Crippen molar-refractivity contribution in [2.75, 3.05) is 6.54 Å². The molecule has 6 heteroatoms. The second-order valence-corrected chi connectivity index (χ2v) is 7.27. The summed E-state index contributed by atoms with van der Waals surface area (Å²) >= 11 is 12.0. The maximum atomic E-state index is 12.2. The topological polar surface area (TPSA) is 46.2 Å². The first kappa shape index (κ1) is 17.0. The maximum absolute atomic E-state index is 12.2. The fourth-order valence-corrected chi connectivity index (χ4v) is 3.41. The second-order valence-electron chi connectivity index (χ2n) is 4.59. The molecule has 0 radical (unpaired) electrons. The Morgan fingerprint density at radius 3 is 2.05 bits per heavy atom. The van der Waals surface area contributed by atoms with Crippen molar-refractivity contribution in [2.45, 2.75) is 6.42 Å². The lowest BCUT2D eigenvalue weighted by Gasteiger charge is -2.08. The molecule has 0 aliphatic carbocycles. The third-order valence-corrected chi connectivity index (χ3v) is 5.66. The van der Waals surface area contributed by atoms with Crippen LogP contribution in [-0.4, -0.2) is 15.0 Å². The molecule has 22 heavy (non-hydrogen) atoms. The van der Waals surface area contributed by atoms with Crippen molar-refractivity contribution in [1.82, 2.24) is 4.72 Å². The van der Waals surface area contributed by atoms with Gasteiger partial charge in [-0.15, -0.1) is 0 Å². The molecule has 116 valence electrons. The standard InChI is InChI=1S/C16H15Cl2NO2S/c17-15(14-9-5-2-6-10-14)16(18)22(20,21)19-12-11-13-7-3-1-4-8-13/h1-10,19H,11-12H2/b16-15-. The van der Waals surface area contributed by atoms with Crippen LogP contribution in [0.4, 0.5) is 0 Å². The van der Waals surface area contributed by atoms with Gasteiger partial charge in [0.1, 0.15) is 0 Å². The van der Waals surface area contributed by atoms with E-state index in [2.05, 4.69) is 4.72 Å². The van der Waals surface area contributed by atoms with E-state index < -0.39 is 14.4 Å². The van der Waals surface area contributed by atoms with Gasteiger partial charge in [0.05, 0.1) is 5.03 Å². The van der Waals surface area contributed by atoms with Gasteiger partial charge in [0, 0.05) is 6.54 Å². The van der Waals surface area contributed by atoms with Crippen LogP contribution in [0.5, 0.6) is 0 Å². The predicted molar refractivity (Wildman–Crippen MR) is 92.1 cm³/mol. The lowest BCUT2D eigenvalue weighted by Crippen LogP contribution is -2.26. The van der Waals surface area contributed by atoms with Gasteiger partial charge in [-0.1, -0.05) is 83.9 Å². The van der Waals surface area contributed by atoms with Crippen molar-refractivity contribution in [3.8, 4) is 0 Å². The van der Waals surface area contributed by atoms with Crippen LogP contribution in [0.3, 0.4) is 0 Å². The van der Waals surface area contributed by atoms with Crippen LogP contribution in [0.25, 0.3) is 5.03 Å². The highest BCUT2D eigenvalue weighted by Crippen LogP contribution is 2.28. The molecule has 0 aromatic heterocycles. The highest BCUT2D eigenvalue weighted by atomic mass is 35.5. The van der Waals surface area contributed by atoms with E-state index in [4.69, 9.17) is 23.2 Å². The third kappa shape index (κ3) is 4.58. The molecule has 0 bridgehead atoms. The van der Waals surface area contributed by atoms with Gasteiger partial charge >= 0.3 is 0 Å². The summed E-state index contributed by atoms with van der Waals surface area (Å²) in [5.74, 6) is 0. The average Bonchev–Trinajstić information content (AvgIpc) is 2.55. The largest absolute Gasteiger partial charge is 0.252 e. The Balaban J connectivity index is 2.06. The van der Waals surface area contributed by atoms with E-state index in [-0.39, 0.29) is 11.6 Å². The van der Waals surface area contributed by atoms with E-state index in [1.54, 1.807) is 24.3 Å². The number of halogens is 2. The molecule has 2 aromatic carbocycles. The minimum absolute atomic E-state index is 0.00878. The van der Waals surface area contributed by atoms with Gasteiger partial charge in [-0.2, -0.15) is 0 Å². The Morgan fingerprint density at radius 2 is 1.45 bits per heavy atom.